The summed E-state index contributed by atoms with van der Waals surface area (Å²) >= 11 is 1.13. The number of carbonyl (C=O) groups excluding carboxylic acids is 3. The smallest absolute Gasteiger partial charge is 0.261 e. The molecule has 0 radical (unpaired) electrons. The molecule has 1 aliphatic heterocycles. The van der Waals surface area contributed by atoms with Crippen molar-refractivity contribution in [1.82, 2.24) is 4.90 Å². The Morgan fingerprint density at radius 3 is 2.09 bits per heavy atom. The van der Waals surface area contributed by atoms with Crippen LogP contribution in [0.3, 0.4) is 0 Å². The Hall–Kier alpha value is -2.40. The van der Waals surface area contributed by atoms with Gasteiger partial charge in [-0.2, -0.15) is 0 Å². The molecule has 2 aromatic rings. The summed E-state index contributed by atoms with van der Waals surface area (Å²) in [6.45, 7) is 2.10. The summed E-state index contributed by atoms with van der Waals surface area (Å²) in [5.41, 5.74) is 1.96. The van der Waals surface area contributed by atoms with Crippen molar-refractivity contribution in [2.45, 2.75) is 18.2 Å². The summed E-state index contributed by atoms with van der Waals surface area (Å²) in [5, 5.41) is -0.0644. The van der Waals surface area contributed by atoms with Crippen molar-refractivity contribution >= 4 is 28.7 Å². The minimum atomic E-state index is -0.321. The van der Waals surface area contributed by atoms with Gasteiger partial charge in [-0.15, -0.1) is 0 Å². The molecule has 0 aromatic heterocycles. The SMILES string of the molecule is Cc1ccc(SC(=O)CCN2C(=O)c3ccccc3C2=O)cc1. The lowest BCUT2D eigenvalue weighted by Gasteiger charge is -2.12. The van der Waals surface area contributed by atoms with Gasteiger partial charge in [0.05, 0.1) is 11.1 Å². The zero-order valence-corrected chi connectivity index (χ0v) is 13.4. The van der Waals surface area contributed by atoms with Gasteiger partial charge in [0.25, 0.3) is 11.8 Å². The minimum Gasteiger partial charge on any atom is -0.287 e. The number of fused-ring (bicyclic) bond motifs is 1. The lowest BCUT2D eigenvalue weighted by atomic mass is 10.1. The largest absolute Gasteiger partial charge is 0.287 e. The van der Waals surface area contributed by atoms with Crippen LogP contribution in [0.4, 0.5) is 0 Å². The Morgan fingerprint density at radius 2 is 1.52 bits per heavy atom. The van der Waals surface area contributed by atoms with E-state index in [1.165, 1.54) is 0 Å². The molecular weight excluding hydrogens is 310 g/mol. The van der Waals surface area contributed by atoms with Gasteiger partial charge in [0.2, 0.25) is 0 Å². The molecule has 0 spiro atoms. The average Bonchev–Trinajstić information content (AvgIpc) is 2.80. The van der Waals surface area contributed by atoms with Gasteiger partial charge in [0.1, 0.15) is 0 Å². The van der Waals surface area contributed by atoms with Gasteiger partial charge in [0, 0.05) is 17.9 Å². The van der Waals surface area contributed by atoms with Crippen molar-refractivity contribution in [3.05, 3.63) is 65.2 Å². The molecule has 2 aromatic carbocycles. The summed E-state index contributed by atoms with van der Waals surface area (Å²) in [4.78, 5) is 38.5. The zero-order valence-electron chi connectivity index (χ0n) is 12.6. The highest BCUT2D eigenvalue weighted by Crippen LogP contribution is 2.24. The molecule has 0 atom stereocenters. The molecule has 0 saturated heterocycles. The highest BCUT2D eigenvalue weighted by molar-refractivity contribution is 8.13. The first-order valence-corrected chi connectivity index (χ1v) is 8.10. The fourth-order valence-corrected chi connectivity index (χ4v) is 3.16. The minimum absolute atomic E-state index is 0.0644. The highest BCUT2D eigenvalue weighted by Gasteiger charge is 2.34. The van der Waals surface area contributed by atoms with Gasteiger partial charge >= 0.3 is 0 Å². The van der Waals surface area contributed by atoms with Gasteiger partial charge in [-0.05, 0) is 31.2 Å². The molecule has 2 amide bonds. The van der Waals surface area contributed by atoms with E-state index in [0.29, 0.717) is 11.1 Å². The maximum atomic E-state index is 12.2. The van der Waals surface area contributed by atoms with Crippen LogP contribution in [0.5, 0.6) is 0 Å². The second-order valence-corrected chi connectivity index (χ2v) is 6.48. The van der Waals surface area contributed by atoms with Gasteiger partial charge in [0.15, 0.2) is 5.12 Å². The molecule has 3 rings (SSSR count). The van der Waals surface area contributed by atoms with E-state index in [9.17, 15) is 14.4 Å². The molecule has 4 nitrogen and oxygen atoms in total. The third-order valence-corrected chi connectivity index (χ3v) is 4.61. The van der Waals surface area contributed by atoms with Gasteiger partial charge < -0.3 is 0 Å². The van der Waals surface area contributed by atoms with Crippen molar-refractivity contribution in [2.75, 3.05) is 6.54 Å². The molecule has 0 fully saturated rings. The number of rotatable bonds is 4. The quantitative estimate of drug-likeness (QED) is 0.639. The van der Waals surface area contributed by atoms with Crippen LogP contribution in [0.25, 0.3) is 0 Å². The number of amides is 2. The van der Waals surface area contributed by atoms with Crippen LogP contribution in [-0.2, 0) is 4.79 Å². The Balaban J connectivity index is 1.61. The van der Waals surface area contributed by atoms with Crippen LogP contribution in [0.15, 0.2) is 53.4 Å². The first-order chi connectivity index (χ1) is 11.1. The van der Waals surface area contributed by atoms with Crippen LogP contribution < -0.4 is 0 Å². The van der Waals surface area contributed by atoms with Crippen molar-refractivity contribution in [1.29, 1.82) is 0 Å². The fourth-order valence-electron chi connectivity index (χ4n) is 2.43. The number of carbonyl (C=O) groups is 3. The summed E-state index contributed by atoms with van der Waals surface area (Å²) in [5.74, 6) is -0.641. The fraction of sp³-hybridized carbons (Fsp3) is 0.167. The van der Waals surface area contributed by atoms with Gasteiger partial charge in [-0.25, -0.2) is 0 Å². The molecule has 0 unspecified atom stereocenters. The van der Waals surface area contributed by atoms with Crippen LogP contribution in [-0.4, -0.2) is 28.4 Å². The molecule has 0 bridgehead atoms. The summed E-state index contributed by atoms with van der Waals surface area (Å²) in [6, 6.07) is 14.4. The predicted molar refractivity (Wildman–Crippen MR) is 88.5 cm³/mol. The lowest BCUT2D eigenvalue weighted by Crippen LogP contribution is -2.31. The van der Waals surface area contributed by atoms with Crippen molar-refractivity contribution in [3.8, 4) is 0 Å². The lowest BCUT2D eigenvalue weighted by molar-refractivity contribution is -0.111. The third kappa shape index (κ3) is 3.19. The maximum absolute atomic E-state index is 12.2. The molecule has 1 heterocycles. The highest BCUT2D eigenvalue weighted by atomic mass is 32.2. The van der Waals surface area contributed by atoms with Crippen molar-refractivity contribution < 1.29 is 14.4 Å². The summed E-state index contributed by atoms with van der Waals surface area (Å²) in [7, 11) is 0. The van der Waals surface area contributed by atoms with E-state index in [-0.39, 0.29) is 29.9 Å². The van der Waals surface area contributed by atoms with Crippen LogP contribution in [0, 0.1) is 6.92 Å². The van der Waals surface area contributed by atoms with Crippen LogP contribution >= 0.6 is 11.8 Å². The number of aryl methyl sites for hydroxylation is 1. The third-order valence-electron chi connectivity index (χ3n) is 3.67. The predicted octanol–water partition coefficient (Wildman–Crippen LogP) is 3.30. The second kappa shape index (κ2) is 6.38. The van der Waals surface area contributed by atoms with E-state index in [1.54, 1.807) is 24.3 Å². The maximum Gasteiger partial charge on any atom is 0.261 e. The van der Waals surface area contributed by atoms with E-state index in [2.05, 4.69) is 0 Å². The van der Waals surface area contributed by atoms with E-state index in [0.717, 1.165) is 27.1 Å². The second-order valence-electron chi connectivity index (χ2n) is 5.34. The van der Waals surface area contributed by atoms with Crippen LogP contribution in [0.2, 0.25) is 0 Å². The molecule has 1 aliphatic rings. The van der Waals surface area contributed by atoms with Crippen molar-refractivity contribution in [2.24, 2.45) is 0 Å². The number of imide groups is 1. The molecule has 116 valence electrons. The normalized spacial score (nSPS) is 13.3. The number of nitrogens with zero attached hydrogens (tertiary/aromatic N) is 1. The summed E-state index contributed by atoms with van der Waals surface area (Å²) < 4.78 is 0. The number of benzene rings is 2. The van der Waals surface area contributed by atoms with Gasteiger partial charge in [-0.3, -0.25) is 19.3 Å². The first-order valence-electron chi connectivity index (χ1n) is 7.29. The topological polar surface area (TPSA) is 54.5 Å². The van der Waals surface area contributed by atoms with E-state index in [4.69, 9.17) is 0 Å². The molecular formula is C18H15NO3S. The number of hydrogen-bond acceptors (Lipinski definition) is 4. The molecule has 0 aliphatic carbocycles. The standard InChI is InChI=1S/C18H15NO3S/c1-12-6-8-13(9-7-12)23-16(20)10-11-19-17(21)14-4-2-3-5-15(14)18(19)22/h2-9H,10-11H2,1H3. The Kier molecular flexibility index (Phi) is 4.30. The average molecular weight is 325 g/mol. The first kappa shape index (κ1) is 15.5. The van der Waals surface area contributed by atoms with Gasteiger partial charge in [-0.1, -0.05) is 41.6 Å². The molecule has 23 heavy (non-hydrogen) atoms. The Labute approximate surface area is 138 Å². The molecule has 0 N–H and O–H groups in total. The molecule has 5 heteroatoms. The molecule has 0 saturated carbocycles. The van der Waals surface area contributed by atoms with E-state index < -0.39 is 0 Å². The summed E-state index contributed by atoms with van der Waals surface area (Å²) in [6.07, 6.45) is 0.143. The number of thioether (sulfide) groups is 1. The number of hydrogen-bond donors (Lipinski definition) is 0. The van der Waals surface area contributed by atoms with E-state index in [1.807, 2.05) is 31.2 Å². The monoisotopic (exact) mass is 325 g/mol. The Morgan fingerprint density at radius 1 is 0.957 bits per heavy atom. The Bertz CT molecular complexity index is 748. The van der Waals surface area contributed by atoms with E-state index >= 15 is 0 Å². The van der Waals surface area contributed by atoms with Crippen LogP contribution in [0.1, 0.15) is 32.7 Å². The van der Waals surface area contributed by atoms with Crippen molar-refractivity contribution in [3.63, 3.8) is 0 Å². The zero-order chi connectivity index (χ0) is 16.4.